The number of thiophene rings is 1. The van der Waals surface area contributed by atoms with Gasteiger partial charge in [-0.1, -0.05) is 18.2 Å². The number of rotatable bonds is 10. The summed E-state index contributed by atoms with van der Waals surface area (Å²) in [5, 5.41) is 6.40. The van der Waals surface area contributed by atoms with E-state index < -0.39 is 0 Å². The Bertz CT molecular complexity index is 1220. The molecular weight excluding hydrogens is 448 g/mol. The van der Waals surface area contributed by atoms with E-state index in [2.05, 4.69) is 21.5 Å². The van der Waals surface area contributed by atoms with Crippen molar-refractivity contribution >= 4 is 17.2 Å². The van der Waals surface area contributed by atoms with Crippen LogP contribution in [-0.4, -0.2) is 39.3 Å². The van der Waals surface area contributed by atoms with Gasteiger partial charge in [-0.05, 0) is 54.3 Å². The van der Waals surface area contributed by atoms with Gasteiger partial charge >= 0.3 is 0 Å². The maximum atomic E-state index is 13.4. The Morgan fingerprint density at radius 3 is 2.65 bits per heavy atom. The van der Waals surface area contributed by atoms with Gasteiger partial charge in [0.15, 0.2) is 11.5 Å². The van der Waals surface area contributed by atoms with E-state index in [0.29, 0.717) is 36.9 Å². The van der Waals surface area contributed by atoms with Crippen LogP contribution in [0.1, 0.15) is 32.3 Å². The fraction of sp³-hybridized carbons (Fsp3) is 0.269. The minimum absolute atomic E-state index is 0.107. The van der Waals surface area contributed by atoms with Crippen LogP contribution in [0.25, 0.3) is 0 Å². The molecule has 8 heteroatoms. The third-order valence-corrected chi connectivity index (χ3v) is 6.31. The van der Waals surface area contributed by atoms with Crippen LogP contribution in [0.4, 0.5) is 0 Å². The Kier molecular flexibility index (Phi) is 7.59. The van der Waals surface area contributed by atoms with Gasteiger partial charge in [0, 0.05) is 31.1 Å². The van der Waals surface area contributed by atoms with Crippen LogP contribution >= 0.6 is 11.3 Å². The zero-order chi connectivity index (χ0) is 23.9. The Balaban J connectivity index is 1.52. The third-order valence-electron chi connectivity index (χ3n) is 5.37. The van der Waals surface area contributed by atoms with Crippen molar-refractivity contribution in [3.63, 3.8) is 0 Å². The molecule has 176 valence electrons. The zero-order valence-electron chi connectivity index (χ0n) is 19.6. The Hall–Kier alpha value is -3.65. The summed E-state index contributed by atoms with van der Waals surface area (Å²) >= 11 is 1.72. The maximum absolute atomic E-state index is 13.4. The molecule has 0 spiro atoms. The van der Waals surface area contributed by atoms with Gasteiger partial charge in [-0.2, -0.15) is 5.10 Å². The summed E-state index contributed by atoms with van der Waals surface area (Å²) in [6, 6.07) is 17.4. The number of benzene rings is 1. The summed E-state index contributed by atoms with van der Waals surface area (Å²) in [5.74, 6) is 1.22. The molecule has 34 heavy (non-hydrogen) atoms. The van der Waals surface area contributed by atoms with Crippen LogP contribution in [0.3, 0.4) is 0 Å². The number of aromatic nitrogens is 3. The quantitative estimate of drug-likeness (QED) is 0.333. The van der Waals surface area contributed by atoms with E-state index in [1.165, 1.54) is 4.88 Å². The fourth-order valence-electron chi connectivity index (χ4n) is 3.73. The summed E-state index contributed by atoms with van der Waals surface area (Å²) in [6.07, 6.45) is 2.58. The van der Waals surface area contributed by atoms with Crippen molar-refractivity contribution in [1.29, 1.82) is 0 Å². The number of methoxy groups -OCH3 is 1. The molecule has 0 N–H and O–H groups in total. The first-order valence-electron chi connectivity index (χ1n) is 11.1. The van der Waals surface area contributed by atoms with Crippen molar-refractivity contribution in [3.8, 4) is 11.5 Å². The van der Waals surface area contributed by atoms with E-state index in [9.17, 15) is 4.79 Å². The van der Waals surface area contributed by atoms with E-state index in [-0.39, 0.29) is 5.91 Å². The van der Waals surface area contributed by atoms with Crippen molar-refractivity contribution < 1.29 is 14.3 Å². The molecular formula is C26H28N4O3S. The lowest BCUT2D eigenvalue weighted by molar-refractivity contribution is 0.0716. The van der Waals surface area contributed by atoms with Gasteiger partial charge in [0.1, 0.15) is 5.69 Å². The number of hydrogen-bond acceptors (Lipinski definition) is 6. The molecule has 1 aromatic carbocycles. The number of nitrogens with zero attached hydrogens (tertiary/aromatic N) is 4. The molecule has 0 radical (unpaired) electrons. The Labute approximate surface area is 203 Å². The molecule has 1 amide bonds. The number of ether oxygens (including phenoxy) is 2. The topological polar surface area (TPSA) is 69.5 Å². The highest BCUT2D eigenvalue weighted by atomic mass is 32.1. The number of carbonyl (C=O) groups excluding carboxylic acids is 1. The maximum Gasteiger partial charge on any atom is 0.272 e. The van der Waals surface area contributed by atoms with Crippen LogP contribution in [0.2, 0.25) is 0 Å². The first-order valence-corrected chi connectivity index (χ1v) is 11.9. The van der Waals surface area contributed by atoms with Crippen LogP contribution in [-0.2, 0) is 26.6 Å². The number of pyridine rings is 1. The van der Waals surface area contributed by atoms with Crippen molar-refractivity contribution in [1.82, 2.24) is 19.7 Å². The molecule has 0 fully saturated rings. The number of aryl methyl sites for hydroxylation is 2. The summed E-state index contributed by atoms with van der Waals surface area (Å²) in [7, 11) is 3.41. The standard InChI is InChI=1S/C26H28N4O3S/c1-19-15-23(29(2)28-19)26(31)30(18-21-7-4-5-12-27-21)17-20-9-10-24(25(16-20)32-3)33-13-11-22-8-6-14-34-22/h4-10,12,14-16H,11,13,17-18H2,1-3H3. The van der Waals surface area contributed by atoms with Crippen molar-refractivity contribution in [2.24, 2.45) is 7.05 Å². The summed E-state index contributed by atoms with van der Waals surface area (Å²) in [4.78, 5) is 20.9. The predicted molar refractivity (Wildman–Crippen MR) is 132 cm³/mol. The van der Waals surface area contributed by atoms with Crippen LogP contribution in [0, 0.1) is 6.92 Å². The van der Waals surface area contributed by atoms with E-state index in [0.717, 1.165) is 23.4 Å². The molecule has 4 aromatic rings. The normalized spacial score (nSPS) is 10.8. The zero-order valence-corrected chi connectivity index (χ0v) is 20.4. The van der Waals surface area contributed by atoms with Crippen LogP contribution in [0.5, 0.6) is 11.5 Å². The molecule has 0 saturated carbocycles. The smallest absolute Gasteiger partial charge is 0.272 e. The number of amides is 1. The molecule has 0 saturated heterocycles. The second-order valence-electron chi connectivity index (χ2n) is 7.94. The van der Waals surface area contributed by atoms with Gasteiger partial charge in [-0.3, -0.25) is 14.5 Å². The second-order valence-corrected chi connectivity index (χ2v) is 8.97. The molecule has 4 rings (SSSR count). The lowest BCUT2D eigenvalue weighted by Crippen LogP contribution is -2.32. The predicted octanol–water partition coefficient (Wildman–Crippen LogP) is 4.66. The molecule has 0 bridgehead atoms. The first-order chi connectivity index (χ1) is 16.5. The molecule has 0 aliphatic heterocycles. The lowest BCUT2D eigenvalue weighted by atomic mass is 10.1. The molecule has 0 atom stereocenters. The van der Waals surface area contributed by atoms with Gasteiger partial charge in [0.2, 0.25) is 0 Å². The van der Waals surface area contributed by atoms with Gasteiger partial charge in [0.25, 0.3) is 5.91 Å². The second kappa shape index (κ2) is 11.0. The highest BCUT2D eigenvalue weighted by Crippen LogP contribution is 2.29. The molecule has 0 aliphatic carbocycles. The fourth-order valence-corrected chi connectivity index (χ4v) is 4.42. The molecule has 3 heterocycles. The SMILES string of the molecule is COc1cc(CN(Cc2ccccn2)C(=O)c2cc(C)nn2C)ccc1OCCc1cccs1. The summed E-state index contributed by atoms with van der Waals surface area (Å²) in [5.41, 5.74) is 3.09. The number of carbonyl (C=O) groups is 1. The molecule has 3 aromatic heterocycles. The van der Waals surface area contributed by atoms with E-state index in [1.54, 1.807) is 47.3 Å². The lowest BCUT2D eigenvalue weighted by Gasteiger charge is -2.23. The average Bonchev–Trinajstić information content (AvgIpc) is 3.48. The number of hydrogen-bond donors (Lipinski definition) is 0. The van der Waals surface area contributed by atoms with Crippen molar-refractivity contribution in [2.45, 2.75) is 26.4 Å². The Morgan fingerprint density at radius 1 is 1.09 bits per heavy atom. The third kappa shape index (κ3) is 5.82. The van der Waals surface area contributed by atoms with Gasteiger partial charge in [-0.15, -0.1) is 11.3 Å². The largest absolute Gasteiger partial charge is 0.493 e. The van der Waals surface area contributed by atoms with Crippen LogP contribution < -0.4 is 9.47 Å². The van der Waals surface area contributed by atoms with E-state index in [1.807, 2.05) is 49.4 Å². The minimum atomic E-state index is -0.107. The summed E-state index contributed by atoms with van der Waals surface area (Å²) in [6.45, 7) is 3.22. The molecule has 0 aliphatic rings. The van der Waals surface area contributed by atoms with E-state index in [4.69, 9.17) is 9.47 Å². The average molecular weight is 477 g/mol. The Morgan fingerprint density at radius 2 is 1.97 bits per heavy atom. The molecule has 7 nitrogen and oxygen atoms in total. The van der Waals surface area contributed by atoms with E-state index >= 15 is 0 Å². The monoisotopic (exact) mass is 476 g/mol. The van der Waals surface area contributed by atoms with Crippen LogP contribution in [0.15, 0.2) is 66.2 Å². The highest BCUT2D eigenvalue weighted by Gasteiger charge is 2.21. The van der Waals surface area contributed by atoms with Gasteiger partial charge < -0.3 is 14.4 Å². The molecule has 0 unspecified atom stereocenters. The first kappa shape index (κ1) is 23.5. The highest BCUT2D eigenvalue weighted by molar-refractivity contribution is 7.09. The van der Waals surface area contributed by atoms with Gasteiger partial charge in [0.05, 0.1) is 31.6 Å². The van der Waals surface area contributed by atoms with Crippen molar-refractivity contribution in [2.75, 3.05) is 13.7 Å². The minimum Gasteiger partial charge on any atom is -0.493 e. The van der Waals surface area contributed by atoms with Crippen molar-refractivity contribution in [3.05, 3.63) is 93.7 Å². The van der Waals surface area contributed by atoms with Gasteiger partial charge in [-0.25, -0.2) is 0 Å². The summed E-state index contributed by atoms with van der Waals surface area (Å²) < 4.78 is 13.2.